The number of hydrogen-bond donors (Lipinski definition) is 1. The van der Waals surface area contributed by atoms with Gasteiger partial charge in [-0.05, 0) is 24.6 Å². The maximum Gasteiger partial charge on any atom is 0.0925 e. The van der Waals surface area contributed by atoms with Crippen molar-refractivity contribution in [2.75, 3.05) is 6.54 Å². The highest BCUT2D eigenvalue weighted by Crippen LogP contribution is 2.13. The lowest BCUT2D eigenvalue weighted by Crippen LogP contribution is -2.02. The molecule has 0 fully saturated rings. The van der Waals surface area contributed by atoms with Crippen LogP contribution in [0.3, 0.4) is 0 Å². The van der Waals surface area contributed by atoms with Crippen LogP contribution in [0.5, 0.6) is 0 Å². The monoisotopic (exact) mass is 175 g/mol. The second-order valence-electron chi connectivity index (χ2n) is 3.23. The van der Waals surface area contributed by atoms with Crippen molar-refractivity contribution < 1.29 is 0 Å². The predicted molar refractivity (Wildman–Crippen MR) is 53.5 cm³/mol. The topological polar surface area (TPSA) is 43.8 Å². The van der Waals surface area contributed by atoms with E-state index in [0.717, 1.165) is 11.9 Å². The van der Waals surface area contributed by atoms with Gasteiger partial charge in [-0.3, -0.25) is 4.68 Å². The van der Waals surface area contributed by atoms with Gasteiger partial charge in [-0.25, -0.2) is 0 Å². The van der Waals surface area contributed by atoms with Gasteiger partial charge in [0, 0.05) is 18.6 Å². The summed E-state index contributed by atoms with van der Waals surface area (Å²) in [7, 11) is 1.93. The number of nitrogens with zero attached hydrogens (tertiary/aromatic N) is 2. The molecule has 13 heavy (non-hydrogen) atoms. The highest BCUT2D eigenvalue weighted by atomic mass is 15.2. The van der Waals surface area contributed by atoms with Gasteiger partial charge in [-0.15, -0.1) is 0 Å². The molecular weight excluding hydrogens is 162 g/mol. The van der Waals surface area contributed by atoms with Crippen molar-refractivity contribution in [1.82, 2.24) is 9.78 Å². The fourth-order valence-corrected chi connectivity index (χ4v) is 1.51. The Morgan fingerprint density at radius 2 is 2.31 bits per heavy atom. The molecule has 0 atom stereocenters. The number of aromatic nitrogens is 2. The second-order valence-corrected chi connectivity index (χ2v) is 3.23. The highest BCUT2D eigenvalue weighted by molar-refractivity contribution is 5.78. The van der Waals surface area contributed by atoms with Crippen molar-refractivity contribution >= 4 is 10.9 Å². The quantitative estimate of drug-likeness (QED) is 0.742. The van der Waals surface area contributed by atoms with Crippen molar-refractivity contribution in [2.24, 2.45) is 12.8 Å². The van der Waals surface area contributed by atoms with Gasteiger partial charge >= 0.3 is 0 Å². The maximum absolute atomic E-state index is 5.48. The molecule has 1 heterocycles. The van der Waals surface area contributed by atoms with E-state index in [0.29, 0.717) is 6.54 Å². The number of aryl methyl sites for hydroxylation is 1. The van der Waals surface area contributed by atoms with Gasteiger partial charge in [-0.1, -0.05) is 12.1 Å². The Labute approximate surface area is 77.2 Å². The smallest absolute Gasteiger partial charge is 0.0925 e. The zero-order valence-corrected chi connectivity index (χ0v) is 7.70. The summed E-state index contributed by atoms with van der Waals surface area (Å²) < 4.78 is 1.83. The van der Waals surface area contributed by atoms with Crippen LogP contribution >= 0.6 is 0 Å². The summed E-state index contributed by atoms with van der Waals surface area (Å²) in [6.45, 7) is 0.693. The lowest BCUT2D eigenvalue weighted by atomic mass is 10.1. The Hall–Kier alpha value is -1.35. The highest BCUT2D eigenvalue weighted by Gasteiger charge is 1.98. The third-order valence-corrected chi connectivity index (χ3v) is 2.12. The lowest BCUT2D eigenvalue weighted by Gasteiger charge is -1.96. The first-order chi connectivity index (χ1) is 6.29. The van der Waals surface area contributed by atoms with Gasteiger partial charge < -0.3 is 5.73 Å². The van der Waals surface area contributed by atoms with Gasteiger partial charge in [-0.2, -0.15) is 5.10 Å². The minimum Gasteiger partial charge on any atom is -0.330 e. The number of rotatable bonds is 2. The molecule has 0 saturated heterocycles. The molecule has 0 radical (unpaired) electrons. The Morgan fingerprint density at radius 3 is 3.08 bits per heavy atom. The van der Waals surface area contributed by atoms with E-state index in [1.165, 1.54) is 10.9 Å². The van der Waals surface area contributed by atoms with Gasteiger partial charge in [0.25, 0.3) is 0 Å². The molecule has 0 spiro atoms. The van der Waals surface area contributed by atoms with Gasteiger partial charge in [0.05, 0.1) is 5.52 Å². The molecule has 2 aromatic rings. The average Bonchev–Trinajstić information content (AvgIpc) is 2.44. The number of fused-ring (bicyclic) bond motifs is 1. The molecule has 0 saturated carbocycles. The molecule has 0 aliphatic heterocycles. The molecule has 3 heteroatoms. The van der Waals surface area contributed by atoms with Crippen LogP contribution in [-0.2, 0) is 13.5 Å². The van der Waals surface area contributed by atoms with Crippen molar-refractivity contribution in [3.63, 3.8) is 0 Å². The Balaban J connectivity index is 2.48. The zero-order chi connectivity index (χ0) is 9.26. The zero-order valence-electron chi connectivity index (χ0n) is 7.70. The largest absolute Gasteiger partial charge is 0.330 e. The summed E-state index contributed by atoms with van der Waals surface area (Å²) >= 11 is 0. The van der Waals surface area contributed by atoms with Gasteiger partial charge in [0.15, 0.2) is 0 Å². The normalized spacial score (nSPS) is 10.9. The molecular formula is C10H13N3. The van der Waals surface area contributed by atoms with E-state index in [-0.39, 0.29) is 0 Å². The van der Waals surface area contributed by atoms with Crippen molar-refractivity contribution in [2.45, 2.75) is 6.42 Å². The summed E-state index contributed by atoms with van der Waals surface area (Å²) in [5, 5.41) is 5.52. The first-order valence-electron chi connectivity index (χ1n) is 4.42. The third-order valence-electron chi connectivity index (χ3n) is 2.12. The molecule has 2 rings (SSSR count). The van der Waals surface area contributed by atoms with E-state index >= 15 is 0 Å². The molecule has 3 nitrogen and oxygen atoms in total. The third kappa shape index (κ3) is 1.55. The molecule has 0 amide bonds. The fraction of sp³-hybridized carbons (Fsp3) is 0.300. The molecule has 0 unspecified atom stereocenters. The van der Waals surface area contributed by atoms with E-state index in [9.17, 15) is 0 Å². The summed E-state index contributed by atoms with van der Waals surface area (Å²) in [6.07, 6.45) is 2.94. The first kappa shape index (κ1) is 8.26. The van der Waals surface area contributed by atoms with Crippen LogP contribution in [-0.4, -0.2) is 16.3 Å². The van der Waals surface area contributed by atoms with Crippen LogP contribution in [0.1, 0.15) is 5.56 Å². The summed E-state index contributed by atoms with van der Waals surface area (Å²) in [5.41, 5.74) is 7.79. The molecule has 0 bridgehead atoms. The fourth-order valence-electron chi connectivity index (χ4n) is 1.51. The van der Waals surface area contributed by atoms with E-state index < -0.39 is 0 Å². The number of hydrogen-bond acceptors (Lipinski definition) is 2. The van der Waals surface area contributed by atoms with E-state index in [1.54, 1.807) is 0 Å². The SMILES string of the molecule is Cn1cc2ccc(CCN)cc2n1. The molecule has 1 aromatic heterocycles. The standard InChI is InChI=1S/C10H13N3/c1-13-7-9-3-2-8(4-5-11)6-10(9)12-13/h2-3,6-7H,4-5,11H2,1H3. The first-order valence-corrected chi connectivity index (χ1v) is 4.42. The van der Waals surface area contributed by atoms with Crippen LogP contribution < -0.4 is 5.73 Å². The van der Waals surface area contributed by atoms with Gasteiger partial charge in [0.1, 0.15) is 0 Å². The Kier molecular flexibility index (Phi) is 2.02. The number of benzene rings is 1. The van der Waals surface area contributed by atoms with E-state index in [4.69, 9.17) is 5.73 Å². The number of nitrogens with two attached hydrogens (primary N) is 1. The van der Waals surface area contributed by atoms with Crippen LogP contribution in [0, 0.1) is 0 Å². The predicted octanol–water partition coefficient (Wildman–Crippen LogP) is 1.07. The van der Waals surface area contributed by atoms with Crippen LogP contribution in [0.25, 0.3) is 10.9 Å². The lowest BCUT2D eigenvalue weighted by molar-refractivity contribution is 0.779. The molecule has 68 valence electrons. The van der Waals surface area contributed by atoms with Crippen LogP contribution in [0.2, 0.25) is 0 Å². The van der Waals surface area contributed by atoms with E-state index in [2.05, 4.69) is 23.3 Å². The average molecular weight is 175 g/mol. The van der Waals surface area contributed by atoms with Crippen molar-refractivity contribution in [3.8, 4) is 0 Å². The summed E-state index contributed by atoms with van der Waals surface area (Å²) in [6, 6.07) is 6.30. The van der Waals surface area contributed by atoms with Crippen LogP contribution in [0.15, 0.2) is 24.4 Å². The molecule has 0 aliphatic rings. The van der Waals surface area contributed by atoms with Gasteiger partial charge in [0.2, 0.25) is 0 Å². The minimum atomic E-state index is 0.693. The molecule has 1 aromatic carbocycles. The van der Waals surface area contributed by atoms with Crippen molar-refractivity contribution in [3.05, 3.63) is 30.0 Å². The molecule has 2 N–H and O–H groups in total. The van der Waals surface area contributed by atoms with E-state index in [1.807, 2.05) is 17.9 Å². The summed E-state index contributed by atoms with van der Waals surface area (Å²) in [5.74, 6) is 0. The second kappa shape index (κ2) is 3.18. The maximum atomic E-state index is 5.48. The Morgan fingerprint density at radius 1 is 1.46 bits per heavy atom. The molecule has 0 aliphatic carbocycles. The summed E-state index contributed by atoms with van der Waals surface area (Å²) in [4.78, 5) is 0. The van der Waals surface area contributed by atoms with Crippen LogP contribution in [0.4, 0.5) is 0 Å². The minimum absolute atomic E-state index is 0.693. The Bertz CT molecular complexity index is 417. The van der Waals surface area contributed by atoms with Crippen molar-refractivity contribution in [1.29, 1.82) is 0 Å².